The van der Waals surface area contributed by atoms with Gasteiger partial charge in [0.05, 0.1) is 50.2 Å². The Morgan fingerprint density at radius 1 is 0.887 bits per heavy atom. The minimum atomic E-state index is -1.28. The second-order valence-electron chi connectivity index (χ2n) is 12.3. The number of ether oxygens (including phenoxy) is 3. The molecule has 0 aliphatic carbocycles. The number of nitrogens with one attached hydrogen (secondary N) is 1. The van der Waals surface area contributed by atoms with Gasteiger partial charge in [-0.3, -0.25) is 24.1 Å². The molecule has 14 heteroatoms. The number of aliphatic hydroxyl groups is 1. The number of carbonyl (C=O) groups excluding carboxylic acids is 4. The van der Waals surface area contributed by atoms with Crippen LogP contribution in [-0.2, 0) is 17.6 Å². The molecule has 4 amide bonds. The number of benzene rings is 4. The fourth-order valence-electron chi connectivity index (χ4n) is 6.07. The highest BCUT2D eigenvalue weighted by molar-refractivity contribution is 9.10. The van der Waals surface area contributed by atoms with E-state index < -0.39 is 35.8 Å². The standard InChI is InChI=1S/C39H38BrCl2N3O8/c1-51-26-8-6-7-23(17-26)18-32(43-37(48)29-20-34(52-2)35(53-3)21-30(29)40)33(46)22-44(15-13-24-11-12-25(41)19-31(24)42)36(47)14-16-45-38(49)27-9-4-5-10-28(27)39(45)50/h4-12,17,19-21,32-33,46H,13-16,18,22H2,1-3H3,(H,43,48)/t32-,33-/m0/s1. The normalized spacial score (nSPS) is 13.3. The summed E-state index contributed by atoms with van der Waals surface area (Å²) in [6, 6.07) is 21.0. The number of halogens is 3. The second-order valence-corrected chi connectivity index (χ2v) is 14.0. The smallest absolute Gasteiger partial charge is 0.261 e. The Balaban J connectivity index is 1.40. The van der Waals surface area contributed by atoms with Crippen molar-refractivity contribution in [1.82, 2.24) is 15.1 Å². The first-order chi connectivity index (χ1) is 25.4. The van der Waals surface area contributed by atoms with E-state index in [1.165, 1.54) is 25.2 Å². The van der Waals surface area contributed by atoms with Gasteiger partial charge in [0.2, 0.25) is 5.91 Å². The summed E-state index contributed by atoms with van der Waals surface area (Å²) in [6.45, 7) is -0.231. The molecule has 53 heavy (non-hydrogen) atoms. The summed E-state index contributed by atoms with van der Waals surface area (Å²) in [4.78, 5) is 56.3. The van der Waals surface area contributed by atoms with Crippen LogP contribution in [0.1, 0.15) is 48.6 Å². The Morgan fingerprint density at radius 3 is 2.21 bits per heavy atom. The zero-order chi connectivity index (χ0) is 38.2. The molecule has 5 rings (SSSR count). The van der Waals surface area contributed by atoms with Gasteiger partial charge in [-0.2, -0.15) is 0 Å². The number of hydrogen-bond acceptors (Lipinski definition) is 8. The second kappa shape index (κ2) is 17.9. The number of methoxy groups -OCH3 is 3. The Labute approximate surface area is 325 Å². The molecule has 0 radical (unpaired) electrons. The van der Waals surface area contributed by atoms with Crippen molar-refractivity contribution in [2.45, 2.75) is 31.4 Å². The van der Waals surface area contributed by atoms with Crippen molar-refractivity contribution in [2.24, 2.45) is 0 Å². The summed E-state index contributed by atoms with van der Waals surface area (Å²) >= 11 is 16.0. The third-order valence-electron chi connectivity index (χ3n) is 8.94. The SMILES string of the molecule is COc1cccc(C[C@H](NC(=O)c2cc(OC)c(OC)cc2Br)[C@@H](O)CN(CCc2ccc(Cl)cc2Cl)C(=O)CCN2C(=O)c3ccccc3C2=O)c1. The third kappa shape index (κ3) is 9.49. The highest BCUT2D eigenvalue weighted by atomic mass is 79.9. The maximum Gasteiger partial charge on any atom is 0.261 e. The molecule has 0 unspecified atom stereocenters. The zero-order valence-corrected chi connectivity index (χ0v) is 32.3. The average Bonchev–Trinajstić information content (AvgIpc) is 3.40. The van der Waals surface area contributed by atoms with Gasteiger partial charge in [0.1, 0.15) is 5.75 Å². The summed E-state index contributed by atoms with van der Waals surface area (Å²) in [5.41, 5.74) is 2.29. The van der Waals surface area contributed by atoms with E-state index in [0.717, 1.165) is 16.0 Å². The molecule has 1 aliphatic heterocycles. The van der Waals surface area contributed by atoms with Crippen molar-refractivity contribution >= 4 is 62.8 Å². The molecule has 0 fully saturated rings. The molecule has 4 aromatic rings. The summed E-state index contributed by atoms with van der Waals surface area (Å²) < 4.78 is 16.6. The van der Waals surface area contributed by atoms with Gasteiger partial charge in [0, 0.05) is 40.6 Å². The predicted octanol–water partition coefficient (Wildman–Crippen LogP) is 6.24. The monoisotopic (exact) mass is 825 g/mol. The van der Waals surface area contributed by atoms with Crippen molar-refractivity contribution < 1.29 is 38.5 Å². The molecule has 0 bridgehead atoms. The fourth-order valence-corrected chi connectivity index (χ4v) is 7.07. The van der Waals surface area contributed by atoms with E-state index in [2.05, 4.69) is 21.2 Å². The van der Waals surface area contributed by atoms with E-state index in [1.54, 1.807) is 73.8 Å². The number of carbonyl (C=O) groups is 4. The molecule has 278 valence electrons. The molecule has 2 N–H and O–H groups in total. The molecule has 0 saturated carbocycles. The number of amides is 4. The Morgan fingerprint density at radius 2 is 1.57 bits per heavy atom. The van der Waals surface area contributed by atoms with Crippen LogP contribution in [0.5, 0.6) is 17.2 Å². The fraction of sp³-hybridized carbons (Fsp3) is 0.282. The van der Waals surface area contributed by atoms with E-state index in [9.17, 15) is 24.3 Å². The van der Waals surface area contributed by atoms with Crippen molar-refractivity contribution in [3.63, 3.8) is 0 Å². The summed E-state index contributed by atoms with van der Waals surface area (Å²) in [5, 5.41) is 15.7. The van der Waals surface area contributed by atoms with Gasteiger partial charge in [-0.05, 0) is 88.4 Å². The quantitative estimate of drug-likeness (QED) is 0.127. The van der Waals surface area contributed by atoms with Crippen LogP contribution in [0, 0.1) is 0 Å². The van der Waals surface area contributed by atoms with Crippen LogP contribution in [0.2, 0.25) is 10.0 Å². The first-order valence-electron chi connectivity index (χ1n) is 16.6. The Bertz CT molecular complexity index is 1980. The summed E-state index contributed by atoms with van der Waals surface area (Å²) in [6.07, 6.45) is -0.992. The molecule has 4 aromatic carbocycles. The average molecular weight is 828 g/mol. The highest BCUT2D eigenvalue weighted by Crippen LogP contribution is 2.33. The Kier molecular flexibility index (Phi) is 13.4. The molecule has 0 spiro atoms. The number of imide groups is 1. The van der Waals surface area contributed by atoms with Crippen LogP contribution in [0.4, 0.5) is 0 Å². The van der Waals surface area contributed by atoms with Gasteiger partial charge < -0.3 is 29.5 Å². The van der Waals surface area contributed by atoms with Gasteiger partial charge in [0.15, 0.2) is 11.5 Å². The lowest BCUT2D eigenvalue weighted by Gasteiger charge is -2.31. The number of hydrogen-bond donors (Lipinski definition) is 2. The van der Waals surface area contributed by atoms with Crippen molar-refractivity contribution in [3.05, 3.63) is 121 Å². The molecule has 0 saturated heterocycles. The van der Waals surface area contributed by atoms with E-state index in [0.29, 0.717) is 38.2 Å². The van der Waals surface area contributed by atoms with E-state index in [4.69, 9.17) is 37.4 Å². The predicted molar refractivity (Wildman–Crippen MR) is 204 cm³/mol. The maximum absolute atomic E-state index is 13.9. The highest BCUT2D eigenvalue weighted by Gasteiger charge is 2.36. The van der Waals surface area contributed by atoms with E-state index >= 15 is 0 Å². The van der Waals surface area contributed by atoms with Crippen LogP contribution in [0.25, 0.3) is 0 Å². The molecule has 11 nitrogen and oxygen atoms in total. The summed E-state index contributed by atoms with van der Waals surface area (Å²) in [7, 11) is 4.48. The maximum atomic E-state index is 13.9. The summed E-state index contributed by atoms with van der Waals surface area (Å²) in [5.74, 6) is -0.530. The minimum absolute atomic E-state index is 0.125. The van der Waals surface area contributed by atoms with Gasteiger partial charge >= 0.3 is 0 Å². The van der Waals surface area contributed by atoms with Crippen LogP contribution in [-0.4, -0.2) is 91.6 Å². The third-order valence-corrected chi connectivity index (χ3v) is 10.2. The lowest BCUT2D eigenvalue weighted by atomic mass is 9.99. The number of rotatable bonds is 16. The van der Waals surface area contributed by atoms with Gasteiger partial charge in [-0.25, -0.2) is 0 Å². The molecular formula is C39H38BrCl2N3O8. The number of aliphatic hydroxyl groups excluding tert-OH is 1. The van der Waals surface area contributed by atoms with Crippen molar-refractivity contribution in [3.8, 4) is 17.2 Å². The van der Waals surface area contributed by atoms with Crippen LogP contribution in [0.15, 0.2) is 83.3 Å². The van der Waals surface area contributed by atoms with E-state index in [-0.39, 0.29) is 49.2 Å². The molecule has 1 aliphatic rings. The van der Waals surface area contributed by atoms with Crippen LogP contribution in [0.3, 0.4) is 0 Å². The molecule has 2 atom stereocenters. The first kappa shape index (κ1) is 39.6. The first-order valence-corrected chi connectivity index (χ1v) is 18.2. The lowest BCUT2D eigenvalue weighted by molar-refractivity contribution is -0.133. The number of fused-ring (bicyclic) bond motifs is 1. The van der Waals surface area contributed by atoms with Gasteiger partial charge in [-0.1, -0.05) is 53.5 Å². The lowest BCUT2D eigenvalue weighted by Crippen LogP contribution is -2.51. The Hall–Kier alpha value is -4.62. The van der Waals surface area contributed by atoms with Crippen LogP contribution >= 0.6 is 39.1 Å². The molecular weight excluding hydrogens is 789 g/mol. The van der Waals surface area contributed by atoms with Gasteiger partial charge in [0.25, 0.3) is 17.7 Å². The minimum Gasteiger partial charge on any atom is -0.497 e. The topological polar surface area (TPSA) is 135 Å². The van der Waals surface area contributed by atoms with Gasteiger partial charge in [-0.15, -0.1) is 0 Å². The van der Waals surface area contributed by atoms with Crippen LogP contribution < -0.4 is 19.5 Å². The van der Waals surface area contributed by atoms with Crippen molar-refractivity contribution in [1.29, 1.82) is 0 Å². The largest absolute Gasteiger partial charge is 0.497 e. The molecule has 0 aromatic heterocycles. The molecule has 1 heterocycles. The van der Waals surface area contributed by atoms with Crippen molar-refractivity contribution in [2.75, 3.05) is 41.0 Å². The number of nitrogens with zero attached hydrogens (tertiary/aromatic N) is 2. The zero-order valence-electron chi connectivity index (χ0n) is 29.2. The van der Waals surface area contributed by atoms with E-state index in [1.807, 2.05) is 6.07 Å².